The summed E-state index contributed by atoms with van der Waals surface area (Å²) in [5.74, 6) is -1.09. The fourth-order valence-electron chi connectivity index (χ4n) is 0.519. The van der Waals surface area contributed by atoms with Crippen molar-refractivity contribution in [1.82, 2.24) is 5.32 Å². The molecule has 12 heavy (non-hydrogen) atoms. The zero-order chi connectivity index (χ0) is 9.56. The van der Waals surface area contributed by atoms with Crippen molar-refractivity contribution in [2.75, 3.05) is 13.2 Å². The molecule has 0 saturated carbocycles. The molecule has 0 radical (unpaired) electrons. The first kappa shape index (κ1) is 10.9. The van der Waals surface area contributed by atoms with E-state index in [0.717, 1.165) is 0 Å². The Balaban J connectivity index is 3.54. The zero-order valence-electron chi connectivity index (χ0n) is 7.16. The van der Waals surface area contributed by atoms with Crippen molar-refractivity contribution in [1.29, 1.82) is 0 Å². The van der Waals surface area contributed by atoms with Crippen LogP contribution in [-0.4, -0.2) is 36.2 Å². The highest BCUT2D eigenvalue weighted by Crippen LogP contribution is 1.80. The number of hydrogen-bond acceptors (Lipinski definition) is 4. The van der Waals surface area contributed by atoms with Crippen LogP contribution in [-0.2, 0) is 14.3 Å². The van der Waals surface area contributed by atoms with Gasteiger partial charge in [0, 0.05) is 0 Å². The Labute approximate surface area is 70.7 Å². The maximum atomic E-state index is 10.7. The lowest BCUT2D eigenvalue weighted by Crippen LogP contribution is -2.36. The molecule has 1 unspecified atom stereocenters. The third kappa shape index (κ3) is 4.68. The van der Waals surface area contributed by atoms with Crippen LogP contribution in [0.1, 0.15) is 13.8 Å². The minimum absolute atomic E-state index is 0.197. The number of aliphatic hydroxyl groups is 1. The van der Waals surface area contributed by atoms with Gasteiger partial charge in [0.2, 0.25) is 5.91 Å². The minimum Gasteiger partial charge on any atom is -0.465 e. The molecule has 0 bridgehead atoms. The lowest BCUT2D eigenvalue weighted by Gasteiger charge is -2.05. The standard InChI is InChI=1S/C7H13NO4/c1-3-12-6(10)4-8-7(11)5(2)9/h5,9H,3-4H2,1-2H3,(H,8,11). The number of amides is 1. The predicted molar refractivity (Wildman–Crippen MR) is 41.3 cm³/mol. The van der Waals surface area contributed by atoms with Gasteiger partial charge in [0.15, 0.2) is 0 Å². The molecule has 5 heteroatoms. The summed E-state index contributed by atoms with van der Waals surface area (Å²) in [6, 6.07) is 0. The Kier molecular flexibility index (Phi) is 5.03. The monoisotopic (exact) mass is 175 g/mol. The van der Waals surface area contributed by atoms with Gasteiger partial charge in [-0.15, -0.1) is 0 Å². The van der Waals surface area contributed by atoms with Crippen molar-refractivity contribution in [2.45, 2.75) is 20.0 Å². The molecule has 1 atom stereocenters. The Hall–Kier alpha value is -1.10. The molecule has 0 aliphatic carbocycles. The minimum atomic E-state index is -1.10. The molecule has 1 amide bonds. The highest BCUT2D eigenvalue weighted by atomic mass is 16.5. The van der Waals surface area contributed by atoms with Crippen LogP contribution in [0.25, 0.3) is 0 Å². The maximum absolute atomic E-state index is 10.7. The van der Waals surface area contributed by atoms with Crippen molar-refractivity contribution >= 4 is 11.9 Å². The number of rotatable bonds is 4. The highest BCUT2D eigenvalue weighted by molar-refractivity contribution is 5.84. The molecule has 0 aromatic carbocycles. The molecule has 2 N–H and O–H groups in total. The van der Waals surface area contributed by atoms with Crippen molar-refractivity contribution in [2.24, 2.45) is 0 Å². The van der Waals surface area contributed by atoms with Crippen molar-refractivity contribution in [3.8, 4) is 0 Å². The summed E-state index contributed by atoms with van der Waals surface area (Å²) in [6.07, 6.45) is -1.10. The summed E-state index contributed by atoms with van der Waals surface area (Å²) >= 11 is 0. The molecule has 0 aromatic rings. The number of carbonyl (C=O) groups excluding carboxylic acids is 2. The number of ether oxygens (including phenoxy) is 1. The van der Waals surface area contributed by atoms with Crippen LogP contribution in [0.5, 0.6) is 0 Å². The second-order valence-electron chi connectivity index (χ2n) is 2.20. The van der Waals surface area contributed by atoms with Crippen LogP contribution in [0.2, 0.25) is 0 Å². The van der Waals surface area contributed by atoms with Gasteiger partial charge in [-0.1, -0.05) is 0 Å². The normalized spacial score (nSPS) is 11.9. The Morgan fingerprint density at radius 3 is 2.58 bits per heavy atom. The zero-order valence-corrected chi connectivity index (χ0v) is 7.16. The quantitative estimate of drug-likeness (QED) is 0.540. The molecule has 0 aromatic heterocycles. The summed E-state index contributed by atoms with van der Waals surface area (Å²) in [4.78, 5) is 21.3. The SMILES string of the molecule is CCOC(=O)CNC(=O)C(C)O. The van der Waals surface area contributed by atoms with Crippen LogP contribution in [0, 0.1) is 0 Å². The van der Waals surface area contributed by atoms with E-state index < -0.39 is 18.0 Å². The lowest BCUT2D eigenvalue weighted by molar-refractivity contribution is -0.144. The smallest absolute Gasteiger partial charge is 0.325 e. The fourth-order valence-corrected chi connectivity index (χ4v) is 0.519. The Bertz CT molecular complexity index is 167. The fraction of sp³-hybridized carbons (Fsp3) is 0.714. The second kappa shape index (κ2) is 5.54. The number of nitrogens with one attached hydrogen (secondary N) is 1. The molecule has 0 aliphatic heterocycles. The molecule has 70 valence electrons. The molecule has 0 aliphatic rings. The number of hydrogen-bond donors (Lipinski definition) is 2. The van der Waals surface area contributed by atoms with Crippen LogP contribution in [0.3, 0.4) is 0 Å². The summed E-state index contributed by atoms with van der Waals surface area (Å²) in [6.45, 7) is 3.08. The van der Waals surface area contributed by atoms with Crippen LogP contribution >= 0.6 is 0 Å². The van der Waals surface area contributed by atoms with E-state index in [-0.39, 0.29) is 13.2 Å². The first-order valence-corrected chi connectivity index (χ1v) is 3.69. The van der Waals surface area contributed by atoms with Crippen LogP contribution in [0.4, 0.5) is 0 Å². The Morgan fingerprint density at radius 2 is 2.17 bits per heavy atom. The summed E-state index contributed by atoms with van der Waals surface area (Å²) in [5, 5.41) is 10.9. The van der Waals surface area contributed by atoms with E-state index in [9.17, 15) is 9.59 Å². The van der Waals surface area contributed by atoms with Crippen molar-refractivity contribution < 1.29 is 19.4 Å². The number of carbonyl (C=O) groups is 2. The molecular weight excluding hydrogens is 162 g/mol. The van der Waals surface area contributed by atoms with E-state index >= 15 is 0 Å². The highest BCUT2D eigenvalue weighted by Gasteiger charge is 2.09. The third-order valence-corrected chi connectivity index (χ3v) is 1.09. The molecular formula is C7H13NO4. The van der Waals surface area contributed by atoms with E-state index in [0.29, 0.717) is 0 Å². The molecule has 5 nitrogen and oxygen atoms in total. The largest absolute Gasteiger partial charge is 0.465 e. The van der Waals surface area contributed by atoms with Gasteiger partial charge in [-0.05, 0) is 13.8 Å². The summed E-state index contributed by atoms with van der Waals surface area (Å²) in [7, 11) is 0. The molecule has 0 saturated heterocycles. The van der Waals surface area contributed by atoms with Gasteiger partial charge in [-0.2, -0.15) is 0 Å². The van der Waals surface area contributed by atoms with Gasteiger partial charge in [0.25, 0.3) is 0 Å². The average Bonchev–Trinajstić information content (AvgIpc) is 2.00. The molecule has 0 heterocycles. The van der Waals surface area contributed by atoms with E-state index in [1.165, 1.54) is 6.92 Å². The Morgan fingerprint density at radius 1 is 1.58 bits per heavy atom. The van der Waals surface area contributed by atoms with Gasteiger partial charge >= 0.3 is 5.97 Å². The first-order valence-electron chi connectivity index (χ1n) is 3.69. The average molecular weight is 175 g/mol. The number of aliphatic hydroxyl groups excluding tert-OH is 1. The van der Waals surface area contributed by atoms with Crippen LogP contribution < -0.4 is 5.32 Å². The van der Waals surface area contributed by atoms with Gasteiger partial charge < -0.3 is 15.2 Å². The van der Waals surface area contributed by atoms with Crippen LogP contribution in [0.15, 0.2) is 0 Å². The van der Waals surface area contributed by atoms with E-state index in [2.05, 4.69) is 10.1 Å². The predicted octanol–water partition coefficient (Wildman–Crippen LogP) is -0.953. The van der Waals surface area contributed by atoms with Crippen molar-refractivity contribution in [3.05, 3.63) is 0 Å². The van der Waals surface area contributed by atoms with Gasteiger partial charge in [0.1, 0.15) is 12.6 Å². The second-order valence-corrected chi connectivity index (χ2v) is 2.20. The van der Waals surface area contributed by atoms with E-state index in [4.69, 9.17) is 5.11 Å². The van der Waals surface area contributed by atoms with Gasteiger partial charge in [-0.25, -0.2) is 0 Å². The van der Waals surface area contributed by atoms with Gasteiger partial charge in [0.05, 0.1) is 6.61 Å². The van der Waals surface area contributed by atoms with Crippen molar-refractivity contribution in [3.63, 3.8) is 0 Å². The molecule has 0 spiro atoms. The van der Waals surface area contributed by atoms with E-state index in [1.54, 1.807) is 6.92 Å². The summed E-state index contributed by atoms with van der Waals surface area (Å²) in [5.41, 5.74) is 0. The molecule has 0 fully saturated rings. The van der Waals surface area contributed by atoms with Gasteiger partial charge in [-0.3, -0.25) is 9.59 Å². The topological polar surface area (TPSA) is 75.6 Å². The molecule has 0 rings (SSSR count). The number of esters is 1. The third-order valence-electron chi connectivity index (χ3n) is 1.09. The lowest BCUT2D eigenvalue weighted by atomic mass is 10.4. The maximum Gasteiger partial charge on any atom is 0.325 e. The first-order chi connectivity index (χ1) is 5.57. The van der Waals surface area contributed by atoms with E-state index in [1.807, 2.05) is 0 Å². The summed E-state index contributed by atoms with van der Waals surface area (Å²) < 4.78 is 4.54.